The molecule has 0 saturated heterocycles. The summed E-state index contributed by atoms with van der Waals surface area (Å²) in [4.78, 5) is 10.4. The van der Waals surface area contributed by atoms with Crippen LogP contribution in [-0.4, -0.2) is 11.0 Å². The zero-order valence-corrected chi connectivity index (χ0v) is 14.5. The van der Waals surface area contributed by atoms with Gasteiger partial charge in [-0.05, 0) is 53.0 Å². The highest BCUT2D eigenvalue weighted by atomic mass is 79.9. The molecule has 0 saturated carbocycles. The lowest BCUT2D eigenvalue weighted by molar-refractivity contribution is -0.384. The molecule has 4 nitrogen and oxygen atoms in total. The van der Waals surface area contributed by atoms with Gasteiger partial charge in [-0.1, -0.05) is 28.1 Å². The van der Waals surface area contributed by atoms with Crippen molar-refractivity contribution in [3.8, 4) is 0 Å². The minimum Gasteiger partial charge on any atom is -0.381 e. The van der Waals surface area contributed by atoms with Gasteiger partial charge in [0.2, 0.25) is 0 Å². The van der Waals surface area contributed by atoms with Crippen molar-refractivity contribution in [2.45, 2.75) is 19.4 Å². The lowest BCUT2D eigenvalue weighted by Crippen LogP contribution is -2.18. The highest BCUT2D eigenvalue weighted by molar-refractivity contribution is 9.10. The fourth-order valence-electron chi connectivity index (χ4n) is 2.03. The quantitative estimate of drug-likeness (QED) is 0.543. The van der Waals surface area contributed by atoms with E-state index in [2.05, 4.69) is 49.3 Å². The van der Waals surface area contributed by atoms with E-state index in [4.69, 9.17) is 0 Å². The second-order valence-electron chi connectivity index (χ2n) is 4.80. The lowest BCUT2D eigenvalue weighted by Gasteiger charge is -2.16. The van der Waals surface area contributed by atoms with Gasteiger partial charge in [0.05, 0.1) is 10.6 Å². The molecule has 1 unspecified atom stereocenters. The van der Waals surface area contributed by atoms with Gasteiger partial charge >= 0.3 is 0 Å². The van der Waals surface area contributed by atoms with Gasteiger partial charge in [0.15, 0.2) is 0 Å². The van der Waals surface area contributed by atoms with Crippen molar-refractivity contribution < 1.29 is 4.92 Å². The van der Waals surface area contributed by atoms with E-state index in [9.17, 15) is 10.1 Å². The molecule has 2 aromatic carbocycles. The van der Waals surface area contributed by atoms with E-state index in [1.54, 1.807) is 12.1 Å². The number of hydrogen-bond donors (Lipinski definition) is 1. The Morgan fingerprint density at radius 1 is 1.19 bits per heavy atom. The van der Waals surface area contributed by atoms with Crippen LogP contribution in [0.5, 0.6) is 0 Å². The van der Waals surface area contributed by atoms with Crippen molar-refractivity contribution in [2.24, 2.45) is 0 Å². The summed E-state index contributed by atoms with van der Waals surface area (Å²) in [7, 11) is 0. The fourth-order valence-corrected chi connectivity index (χ4v) is 2.65. The Morgan fingerprint density at radius 2 is 1.86 bits per heavy atom. The second kappa shape index (κ2) is 7.04. The van der Waals surface area contributed by atoms with Gasteiger partial charge in [-0.25, -0.2) is 0 Å². The monoisotopic (exact) mass is 412 g/mol. The summed E-state index contributed by atoms with van der Waals surface area (Å²) in [6.07, 6.45) is 0.836. The van der Waals surface area contributed by atoms with E-state index < -0.39 is 4.92 Å². The van der Waals surface area contributed by atoms with Crippen LogP contribution < -0.4 is 5.32 Å². The largest absolute Gasteiger partial charge is 0.381 e. The molecule has 6 heteroatoms. The predicted molar refractivity (Wildman–Crippen MR) is 91.7 cm³/mol. The Balaban J connectivity index is 2.08. The van der Waals surface area contributed by atoms with Crippen molar-refractivity contribution in [3.63, 3.8) is 0 Å². The molecular weight excluding hydrogens is 400 g/mol. The minimum atomic E-state index is -0.392. The number of benzene rings is 2. The van der Waals surface area contributed by atoms with Gasteiger partial charge < -0.3 is 5.32 Å². The van der Waals surface area contributed by atoms with Crippen LogP contribution >= 0.6 is 31.9 Å². The van der Waals surface area contributed by atoms with Gasteiger partial charge in [-0.15, -0.1) is 0 Å². The van der Waals surface area contributed by atoms with Gasteiger partial charge in [-0.3, -0.25) is 10.1 Å². The van der Waals surface area contributed by atoms with Crippen LogP contribution in [0.2, 0.25) is 0 Å². The van der Waals surface area contributed by atoms with Crippen LogP contribution in [0.15, 0.2) is 51.4 Å². The van der Waals surface area contributed by atoms with E-state index in [1.165, 1.54) is 11.6 Å². The summed E-state index contributed by atoms with van der Waals surface area (Å²) >= 11 is 6.82. The highest BCUT2D eigenvalue weighted by Gasteiger charge is 2.11. The lowest BCUT2D eigenvalue weighted by atomic mass is 10.1. The smallest absolute Gasteiger partial charge is 0.271 e. The van der Waals surface area contributed by atoms with E-state index in [0.717, 1.165) is 21.1 Å². The van der Waals surface area contributed by atoms with Crippen LogP contribution in [0.1, 0.15) is 12.5 Å². The van der Waals surface area contributed by atoms with Crippen LogP contribution in [0.25, 0.3) is 0 Å². The topological polar surface area (TPSA) is 55.2 Å². The van der Waals surface area contributed by atoms with Crippen LogP contribution in [0.3, 0.4) is 0 Å². The maximum Gasteiger partial charge on any atom is 0.271 e. The fraction of sp³-hybridized carbons (Fsp3) is 0.200. The Morgan fingerprint density at radius 3 is 2.48 bits per heavy atom. The Labute approximate surface area is 140 Å². The summed E-state index contributed by atoms with van der Waals surface area (Å²) in [5.41, 5.74) is 2.02. The molecule has 0 fully saturated rings. The molecule has 0 heterocycles. The number of halogens is 2. The average molecular weight is 414 g/mol. The van der Waals surface area contributed by atoms with E-state index in [-0.39, 0.29) is 11.7 Å². The van der Waals surface area contributed by atoms with Gasteiger partial charge in [0, 0.05) is 27.1 Å². The third kappa shape index (κ3) is 4.54. The molecule has 0 spiro atoms. The number of nitro groups is 1. The first-order chi connectivity index (χ1) is 9.95. The molecule has 21 heavy (non-hydrogen) atoms. The molecule has 1 N–H and O–H groups in total. The first-order valence-corrected chi connectivity index (χ1v) is 7.99. The summed E-state index contributed by atoms with van der Waals surface area (Å²) in [5, 5.41) is 14.1. The number of nitrogens with one attached hydrogen (secondary N) is 1. The number of hydrogen-bond acceptors (Lipinski definition) is 3. The molecule has 0 amide bonds. The minimum absolute atomic E-state index is 0.0801. The molecule has 2 rings (SSSR count). The number of nitrogens with zero attached hydrogens (tertiary/aromatic N) is 1. The number of nitro benzene ring substituents is 1. The third-order valence-corrected chi connectivity index (χ3v) is 4.24. The Bertz CT molecular complexity index is 645. The molecule has 0 aliphatic carbocycles. The second-order valence-corrected chi connectivity index (χ2v) is 6.57. The van der Waals surface area contributed by atoms with Crippen molar-refractivity contribution in [2.75, 3.05) is 5.32 Å². The zero-order valence-electron chi connectivity index (χ0n) is 11.3. The first kappa shape index (κ1) is 16.0. The molecule has 0 aliphatic rings. The number of non-ortho nitro benzene ring substituents is 1. The first-order valence-electron chi connectivity index (χ1n) is 6.40. The SMILES string of the molecule is CC(Cc1ccc(Br)cc1)Nc1cc([N+](=O)[O-])ccc1Br. The predicted octanol–water partition coefficient (Wildman–Crippen LogP) is 5.16. The van der Waals surface area contributed by atoms with Crippen molar-refractivity contribution in [1.82, 2.24) is 0 Å². The standard InChI is InChI=1S/C15H14Br2N2O2/c1-10(8-11-2-4-12(16)5-3-11)18-15-9-13(19(20)21)6-7-14(15)17/h2-7,9-10,18H,8H2,1H3. The van der Waals surface area contributed by atoms with Gasteiger partial charge in [-0.2, -0.15) is 0 Å². The van der Waals surface area contributed by atoms with E-state index >= 15 is 0 Å². The van der Waals surface area contributed by atoms with E-state index in [0.29, 0.717) is 0 Å². The molecule has 110 valence electrons. The number of anilines is 1. The van der Waals surface area contributed by atoms with E-state index in [1.807, 2.05) is 19.1 Å². The van der Waals surface area contributed by atoms with Crippen LogP contribution in [0, 0.1) is 10.1 Å². The molecular formula is C15H14Br2N2O2. The molecule has 0 radical (unpaired) electrons. The highest BCUT2D eigenvalue weighted by Crippen LogP contribution is 2.28. The maximum atomic E-state index is 10.8. The summed E-state index contributed by atoms with van der Waals surface area (Å²) in [6, 6.07) is 13.0. The Hall–Kier alpha value is -1.40. The summed E-state index contributed by atoms with van der Waals surface area (Å²) in [5.74, 6) is 0. The summed E-state index contributed by atoms with van der Waals surface area (Å²) < 4.78 is 1.86. The molecule has 2 aromatic rings. The average Bonchev–Trinajstić information content (AvgIpc) is 2.43. The van der Waals surface area contributed by atoms with Gasteiger partial charge in [0.1, 0.15) is 0 Å². The molecule has 0 aliphatic heterocycles. The normalized spacial score (nSPS) is 12.0. The number of rotatable bonds is 5. The molecule has 0 aromatic heterocycles. The van der Waals surface area contributed by atoms with Gasteiger partial charge in [0.25, 0.3) is 5.69 Å². The van der Waals surface area contributed by atoms with Crippen LogP contribution in [-0.2, 0) is 6.42 Å². The Kier molecular flexibility index (Phi) is 5.36. The molecule has 0 bridgehead atoms. The molecule has 1 atom stereocenters. The summed E-state index contributed by atoms with van der Waals surface area (Å²) in [6.45, 7) is 2.05. The van der Waals surface area contributed by atoms with Crippen molar-refractivity contribution in [3.05, 3.63) is 67.1 Å². The maximum absolute atomic E-state index is 10.8. The van der Waals surface area contributed by atoms with Crippen molar-refractivity contribution >= 4 is 43.2 Å². The van der Waals surface area contributed by atoms with Crippen molar-refractivity contribution in [1.29, 1.82) is 0 Å². The van der Waals surface area contributed by atoms with Crippen LogP contribution in [0.4, 0.5) is 11.4 Å². The zero-order chi connectivity index (χ0) is 15.4. The third-order valence-electron chi connectivity index (χ3n) is 3.02.